The number of aliphatic hydroxyl groups excluding tert-OH is 2. The molecule has 4 heterocycles. The summed E-state index contributed by atoms with van der Waals surface area (Å²) >= 11 is 0. The number of ether oxygens (including phenoxy) is 5. The van der Waals surface area contributed by atoms with E-state index in [9.17, 15) is 47.4 Å². The van der Waals surface area contributed by atoms with E-state index in [1.807, 2.05) is 0 Å². The molecule has 0 bridgehead atoms. The third-order valence-corrected chi connectivity index (χ3v) is 14.2. The van der Waals surface area contributed by atoms with Crippen molar-refractivity contribution in [2.24, 2.45) is 22.7 Å². The van der Waals surface area contributed by atoms with Crippen molar-refractivity contribution >= 4 is 68.2 Å². The fourth-order valence-corrected chi connectivity index (χ4v) is 9.75. The number of ketones is 1. The highest BCUT2D eigenvalue weighted by Crippen LogP contribution is 2.40. The van der Waals surface area contributed by atoms with Gasteiger partial charge in [0.15, 0.2) is 5.78 Å². The first-order chi connectivity index (χ1) is 39.1. The van der Waals surface area contributed by atoms with Crippen molar-refractivity contribution in [1.82, 2.24) is 29.8 Å². The maximum Gasteiger partial charge on any atom is 0.312 e. The van der Waals surface area contributed by atoms with Crippen molar-refractivity contribution in [2.75, 3.05) is 76.9 Å². The van der Waals surface area contributed by atoms with Gasteiger partial charge in [0.2, 0.25) is 35.8 Å². The number of benzene rings is 2. The number of imide groups is 1. The number of carbonyl (C=O) groups is 6. The Hall–Kier alpha value is -7.46. The van der Waals surface area contributed by atoms with Gasteiger partial charge in [-0.1, -0.05) is 48.9 Å². The summed E-state index contributed by atoms with van der Waals surface area (Å²) in [4.78, 5) is 82.0. The number of aromatic nitrogens is 3. The number of aliphatic hydroxyl groups is 2. The Balaban J connectivity index is 0.981. The summed E-state index contributed by atoms with van der Waals surface area (Å²) in [6.07, 6.45) is -2.24. The molecule has 0 spiro atoms. The van der Waals surface area contributed by atoms with Crippen LogP contribution in [0.2, 0.25) is 0 Å². The monoisotopic (exact) mass is 1160 g/mol. The summed E-state index contributed by atoms with van der Waals surface area (Å²) in [7, 11) is -4.20. The molecule has 4 aromatic rings. The number of rotatable bonds is 31. The average molecular weight is 1160 g/mol. The second kappa shape index (κ2) is 28.5. The van der Waals surface area contributed by atoms with Crippen LogP contribution < -0.4 is 46.6 Å². The van der Waals surface area contributed by atoms with Crippen molar-refractivity contribution in [1.29, 1.82) is 0 Å². The van der Waals surface area contributed by atoms with Crippen LogP contribution in [-0.4, -0.2) is 159 Å². The molecule has 2 aromatic heterocycles. The highest BCUT2D eigenvalue weighted by molar-refractivity contribution is 7.87. The number of urea groups is 1. The first kappa shape index (κ1) is 62.1. The van der Waals surface area contributed by atoms with Gasteiger partial charge in [-0.05, 0) is 55.5 Å². The molecule has 6 amide bonds. The van der Waals surface area contributed by atoms with Crippen LogP contribution in [0.25, 0.3) is 11.0 Å². The Labute approximate surface area is 472 Å². The van der Waals surface area contributed by atoms with Crippen LogP contribution in [0.15, 0.2) is 66.1 Å². The third-order valence-electron chi connectivity index (χ3n) is 13.6. The number of amides is 6. The van der Waals surface area contributed by atoms with E-state index in [4.69, 9.17) is 40.3 Å². The topological polar surface area (TPSA) is 374 Å². The molecule has 82 heavy (non-hydrogen) atoms. The number of nitrogens with one attached hydrogen (secondary N) is 4. The number of fused-ring (bicyclic) bond motifs is 1. The SMILES string of the molecule is CCOc1cccc(F)c1C#Cc1cn([C@@H]2O[C@H](CNS(N)(=O)=O)[C@@H](O)[C@H]2O)c2c1c(N)nc[n+]2Cc1ccc(NC(=O)[C@H](CCCNC(N)=O)CC(=O)[C@@H](NC(=O)CCOCCOCCOCCN2C(=O)C3=C(C3)C2=O)C(C)C)cc1. The molecule has 12 N–H and O–H groups in total. The van der Waals surface area contributed by atoms with Gasteiger partial charge in [0.25, 0.3) is 22.0 Å². The fraction of sp³-hybridized carbons (Fsp3) is 0.481. The smallest absolute Gasteiger partial charge is 0.312 e. The second-order valence-electron chi connectivity index (χ2n) is 19.9. The van der Waals surface area contributed by atoms with E-state index in [1.54, 1.807) is 55.7 Å². The summed E-state index contributed by atoms with van der Waals surface area (Å²) in [5, 5.41) is 35.9. The van der Waals surface area contributed by atoms with Gasteiger partial charge in [-0.25, -0.2) is 23.5 Å². The van der Waals surface area contributed by atoms with Crippen LogP contribution in [0.1, 0.15) is 75.8 Å². The van der Waals surface area contributed by atoms with Crippen LogP contribution in [0.3, 0.4) is 0 Å². The molecule has 3 aliphatic rings. The average Bonchev–Trinajstić information content (AvgIpc) is 3.92. The summed E-state index contributed by atoms with van der Waals surface area (Å²) < 4.78 is 72.0. The van der Waals surface area contributed by atoms with Crippen molar-refractivity contribution in [3.05, 3.63) is 88.6 Å². The van der Waals surface area contributed by atoms with Crippen molar-refractivity contribution in [2.45, 2.75) is 90.0 Å². The third kappa shape index (κ3) is 16.4. The number of halogens is 1. The number of anilines is 2. The first-order valence-electron chi connectivity index (χ1n) is 26.6. The highest BCUT2D eigenvalue weighted by atomic mass is 32.2. The summed E-state index contributed by atoms with van der Waals surface area (Å²) in [6.45, 7) is 6.58. The van der Waals surface area contributed by atoms with Gasteiger partial charge in [-0.2, -0.15) is 13.1 Å². The van der Waals surface area contributed by atoms with Crippen LogP contribution in [0.5, 0.6) is 5.75 Å². The number of Topliss-reactive ketones (excluding diaryl/α,β-unsaturated/α-hetero) is 1. The molecule has 2 aromatic carbocycles. The Morgan fingerprint density at radius 1 is 0.963 bits per heavy atom. The zero-order valence-corrected chi connectivity index (χ0v) is 46.4. The molecular formula is C54H69FN11O15S+. The Bertz CT molecular complexity index is 3200. The lowest BCUT2D eigenvalue weighted by Gasteiger charge is -2.24. The maximum absolute atomic E-state index is 15.2. The van der Waals surface area contributed by atoms with E-state index in [0.29, 0.717) is 35.2 Å². The molecule has 28 heteroatoms. The largest absolute Gasteiger partial charge is 0.492 e. The quantitative estimate of drug-likeness (QED) is 0.0138. The van der Waals surface area contributed by atoms with E-state index >= 15 is 4.39 Å². The summed E-state index contributed by atoms with van der Waals surface area (Å²) in [5.41, 5.74) is 14.5. The van der Waals surface area contributed by atoms with E-state index in [-0.39, 0.29) is 142 Å². The van der Waals surface area contributed by atoms with Gasteiger partial charge in [0, 0.05) is 55.1 Å². The van der Waals surface area contributed by atoms with Gasteiger partial charge in [0.1, 0.15) is 40.8 Å². The molecule has 1 fully saturated rings. The number of piperidine rings is 1. The van der Waals surface area contributed by atoms with E-state index in [0.717, 1.165) is 0 Å². The lowest BCUT2D eigenvalue weighted by atomic mass is 9.89. The standard InChI is InChI=1S/C54H68FN11O15S/c1-4-80-41-9-5-8-39(55)36(41)15-12-34-29-66(53-47(70)46(69)42(81-53)27-61-82(58,75)76)50-44(34)48(56)60-30-64(50)28-32-10-13-35(14-11-32)62-49(71)33(7-6-17-59-54(57)74)25-40(67)45(31(2)3)63-43(68)16-19-77-21-23-79-24-22-78-20-18-65-51(72)37-26-38(37)52(65)73/h5,8-11,13-14,29-31,33,42,45-47,53,56,61,69-70H,4,6-7,16-28H2,1-3H3,(H7,57,58,59,62,63,68,71,74,75,76)/p+1/t33-,42-,45+,46-,47-,53-/m1/s1. The molecular weight excluding hydrogens is 1090 g/mol. The highest BCUT2D eigenvalue weighted by Gasteiger charge is 2.48. The number of likely N-dealkylation sites (tertiary alicyclic amines) is 1. The predicted molar refractivity (Wildman–Crippen MR) is 291 cm³/mol. The molecule has 1 saturated heterocycles. The molecule has 1 aliphatic carbocycles. The van der Waals surface area contributed by atoms with E-state index < -0.39 is 76.9 Å². The van der Waals surface area contributed by atoms with Crippen molar-refractivity contribution in [3.63, 3.8) is 0 Å². The molecule has 26 nitrogen and oxygen atoms in total. The summed E-state index contributed by atoms with van der Waals surface area (Å²) in [6, 6.07) is 9.31. The maximum atomic E-state index is 15.2. The first-order valence-corrected chi connectivity index (χ1v) is 28.2. The Kier molecular flexibility index (Phi) is 21.6. The minimum Gasteiger partial charge on any atom is -0.492 e. The Morgan fingerprint density at radius 2 is 1.65 bits per heavy atom. The minimum absolute atomic E-state index is 0.00297. The van der Waals surface area contributed by atoms with Gasteiger partial charge >= 0.3 is 6.03 Å². The van der Waals surface area contributed by atoms with Crippen LogP contribution in [0, 0.1) is 29.5 Å². The number of nitrogens with zero attached hydrogens (tertiary/aromatic N) is 4. The van der Waals surface area contributed by atoms with Crippen molar-refractivity contribution in [3.8, 4) is 17.6 Å². The number of nitrogens with two attached hydrogens (primary N) is 3. The normalized spacial score (nSPS) is 18.3. The number of hydrogen-bond acceptors (Lipinski definition) is 17. The number of nitrogen functional groups attached to an aromatic ring is 1. The van der Waals surface area contributed by atoms with Gasteiger partial charge < -0.3 is 61.3 Å². The lowest BCUT2D eigenvalue weighted by Crippen LogP contribution is -2.45. The molecule has 0 radical (unpaired) electrons. The van der Waals surface area contributed by atoms with Gasteiger partial charge in [-0.3, -0.25) is 28.9 Å². The zero-order valence-electron chi connectivity index (χ0n) is 45.6. The number of carbonyl (C=O) groups excluding carboxylic acids is 6. The molecule has 0 saturated carbocycles. The Morgan fingerprint density at radius 3 is 2.30 bits per heavy atom. The van der Waals surface area contributed by atoms with E-state index in [2.05, 4.69) is 37.5 Å². The lowest BCUT2D eigenvalue weighted by molar-refractivity contribution is -0.668. The van der Waals surface area contributed by atoms with Crippen LogP contribution in [-0.2, 0) is 59.7 Å². The van der Waals surface area contributed by atoms with Gasteiger partial charge in [-0.15, -0.1) is 0 Å². The molecule has 442 valence electrons. The molecule has 0 unspecified atom stereocenters. The van der Waals surface area contributed by atoms with Crippen LogP contribution >= 0.6 is 0 Å². The van der Waals surface area contributed by atoms with Gasteiger partial charge in [0.05, 0.1) is 77.1 Å². The van der Waals surface area contributed by atoms with Crippen LogP contribution in [0.4, 0.5) is 20.7 Å². The fourth-order valence-electron chi connectivity index (χ4n) is 9.35. The van der Waals surface area contributed by atoms with E-state index in [1.165, 1.54) is 34.1 Å². The number of primary amides is 1. The number of hydrogen-bond donors (Lipinski definition) is 9. The summed E-state index contributed by atoms with van der Waals surface area (Å²) in [5.74, 6) is 2.31. The minimum atomic E-state index is -4.20. The molecule has 6 atom stereocenters. The molecule has 2 aliphatic heterocycles. The van der Waals surface area contributed by atoms with Crippen molar-refractivity contribution < 1.29 is 80.0 Å². The zero-order chi connectivity index (χ0) is 59.3. The molecule has 7 rings (SSSR count). The predicted octanol–water partition coefficient (Wildman–Crippen LogP) is -0.0836. The second-order valence-corrected chi connectivity index (χ2v) is 21.3.